The van der Waals surface area contributed by atoms with Gasteiger partial charge in [0.25, 0.3) is 0 Å². The molecule has 1 aromatic heterocycles. The van der Waals surface area contributed by atoms with Crippen molar-refractivity contribution in [2.24, 2.45) is 0 Å². The van der Waals surface area contributed by atoms with Gasteiger partial charge in [-0.25, -0.2) is 9.67 Å². The molecule has 0 aliphatic carbocycles. The van der Waals surface area contributed by atoms with Gasteiger partial charge in [-0.2, -0.15) is 5.10 Å². The van der Waals surface area contributed by atoms with E-state index in [-0.39, 0.29) is 0 Å². The van der Waals surface area contributed by atoms with E-state index in [2.05, 4.69) is 37.9 Å². The zero-order chi connectivity index (χ0) is 15.4. The van der Waals surface area contributed by atoms with Crippen LogP contribution in [0.3, 0.4) is 0 Å². The standard InChI is InChI=1S/C16H23ClN4/c1-12(2)16-18-15(9-6-10-20(3)4)21(19-16)14-8-5-7-13(17)11-14/h5,7-8,11-12H,6,9-10H2,1-4H3. The van der Waals surface area contributed by atoms with Gasteiger partial charge >= 0.3 is 0 Å². The molecular formula is C16H23ClN4. The summed E-state index contributed by atoms with van der Waals surface area (Å²) in [5, 5.41) is 5.37. The monoisotopic (exact) mass is 306 g/mol. The molecule has 114 valence electrons. The first-order valence-corrected chi connectivity index (χ1v) is 7.71. The first kappa shape index (κ1) is 16.0. The van der Waals surface area contributed by atoms with Gasteiger partial charge in [-0.15, -0.1) is 0 Å². The quantitative estimate of drug-likeness (QED) is 0.818. The van der Waals surface area contributed by atoms with E-state index in [0.29, 0.717) is 10.9 Å². The second kappa shape index (κ2) is 7.05. The maximum absolute atomic E-state index is 6.09. The van der Waals surface area contributed by atoms with Crippen LogP contribution >= 0.6 is 11.6 Å². The molecule has 0 amide bonds. The molecule has 0 radical (unpaired) electrons. The third-order valence-electron chi connectivity index (χ3n) is 3.27. The summed E-state index contributed by atoms with van der Waals surface area (Å²) in [7, 11) is 4.17. The zero-order valence-corrected chi connectivity index (χ0v) is 13.9. The van der Waals surface area contributed by atoms with Crippen molar-refractivity contribution in [1.29, 1.82) is 0 Å². The van der Waals surface area contributed by atoms with Gasteiger partial charge in [-0.1, -0.05) is 31.5 Å². The van der Waals surface area contributed by atoms with E-state index in [4.69, 9.17) is 16.6 Å². The van der Waals surface area contributed by atoms with Crippen LogP contribution in [0.1, 0.15) is 37.8 Å². The number of aryl methyl sites for hydroxylation is 1. The van der Waals surface area contributed by atoms with E-state index in [0.717, 1.165) is 36.7 Å². The van der Waals surface area contributed by atoms with E-state index in [1.165, 1.54) is 0 Å². The van der Waals surface area contributed by atoms with Crippen molar-refractivity contribution in [3.8, 4) is 5.69 Å². The smallest absolute Gasteiger partial charge is 0.153 e. The summed E-state index contributed by atoms with van der Waals surface area (Å²) in [5.41, 5.74) is 0.974. The molecule has 0 spiro atoms. The minimum Gasteiger partial charge on any atom is -0.309 e. The zero-order valence-electron chi connectivity index (χ0n) is 13.2. The number of aromatic nitrogens is 3. The van der Waals surface area contributed by atoms with Crippen LogP contribution in [0.15, 0.2) is 24.3 Å². The lowest BCUT2D eigenvalue weighted by Gasteiger charge is -2.09. The summed E-state index contributed by atoms with van der Waals surface area (Å²) in [6.45, 7) is 5.27. The molecule has 0 aliphatic heterocycles. The summed E-state index contributed by atoms with van der Waals surface area (Å²) in [6, 6.07) is 7.75. The Bertz CT molecular complexity index is 590. The highest BCUT2D eigenvalue weighted by Gasteiger charge is 2.14. The number of halogens is 1. The molecule has 0 saturated heterocycles. The van der Waals surface area contributed by atoms with Crippen LogP contribution in [-0.4, -0.2) is 40.3 Å². The number of hydrogen-bond acceptors (Lipinski definition) is 3. The maximum Gasteiger partial charge on any atom is 0.153 e. The molecule has 2 aromatic rings. The van der Waals surface area contributed by atoms with Crippen LogP contribution < -0.4 is 0 Å². The molecule has 4 nitrogen and oxygen atoms in total. The van der Waals surface area contributed by atoms with Gasteiger partial charge in [-0.05, 0) is 45.3 Å². The summed E-state index contributed by atoms with van der Waals surface area (Å²) in [4.78, 5) is 6.89. The first-order valence-electron chi connectivity index (χ1n) is 7.34. The fourth-order valence-corrected chi connectivity index (χ4v) is 2.32. The molecule has 21 heavy (non-hydrogen) atoms. The summed E-state index contributed by atoms with van der Waals surface area (Å²) < 4.78 is 1.93. The van der Waals surface area contributed by atoms with E-state index in [9.17, 15) is 0 Å². The van der Waals surface area contributed by atoms with Gasteiger partial charge in [0.05, 0.1) is 5.69 Å². The molecule has 0 bridgehead atoms. The van der Waals surface area contributed by atoms with E-state index >= 15 is 0 Å². The highest BCUT2D eigenvalue weighted by molar-refractivity contribution is 6.30. The fraction of sp³-hybridized carbons (Fsp3) is 0.500. The molecule has 1 heterocycles. The minimum absolute atomic E-state index is 0.318. The van der Waals surface area contributed by atoms with Crippen LogP contribution in [0, 0.1) is 0 Å². The molecule has 0 N–H and O–H groups in total. The molecular weight excluding hydrogens is 284 g/mol. The van der Waals surface area contributed by atoms with Crippen molar-refractivity contribution in [2.45, 2.75) is 32.6 Å². The van der Waals surface area contributed by atoms with Crippen molar-refractivity contribution in [3.63, 3.8) is 0 Å². The highest BCUT2D eigenvalue weighted by atomic mass is 35.5. The van der Waals surface area contributed by atoms with Crippen molar-refractivity contribution in [3.05, 3.63) is 40.9 Å². The van der Waals surface area contributed by atoms with Gasteiger partial charge < -0.3 is 4.90 Å². The Balaban J connectivity index is 2.29. The number of hydrogen-bond donors (Lipinski definition) is 0. The SMILES string of the molecule is CC(C)c1nc(CCCN(C)C)n(-c2cccc(Cl)c2)n1. The van der Waals surface area contributed by atoms with E-state index in [1.807, 2.05) is 28.9 Å². The fourth-order valence-electron chi connectivity index (χ4n) is 2.14. The summed E-state index contributed by atoms with van der Waals surface area (Å²) >= 11 is 6.09. The topological polar surface area (TPSA) is 34.0 Å². The molecule has 0 aliphatic rings. The second-order valence-corrected chi connectivity index (χ2v) is 6.28. The lowest BCUT2D eigenvalue weighted by molar-refractivity contribution is 0.398. The van der Waals surface area contributed by atoms with Crippen molar-refractivity contribution < 1.29 is 0 Å². The maximum atomic E-state index is 6.09. The Kier molecular flexibility index (Phi) is 5.37. The molecule has 2 rings (SSSR count). The highest BCUT2D eigenvalue weighted by Crippen LogP contribution is 2.19. The second-order valence-electron chi connectivity index (χ2n) is 5.84. The molecule has 5 heteroatoms. The Morgan fingerprint density at radius 1 is 1.29 bits per heavy atom. The van der Waals surface area contributed by atoms with Crippen molar-refractivity contribution in [1.82, 2.24) is 19.7 Å². The van der Waals surface area contributed by atoms with Crippen LogP contribution in [0.5, 0.6) is 0 Å². The summed E-state index contributed by atoms with van der Waals surface area (Å²) in [5.74, 6) is 2.20. The normalized spacial score (nSPS) is 11.6. The average molecular weight is 307 g/mol. The molecule has 0 fully saturated rings. The third kappa shape index (κ3) is 4.29. The Morgan fingerprint density at radius 2 is 2.05 bits per heavy atom. The van der Waals surface area contributed by atoms with Crippen molar-refractivity contribution in [2.75, 3.05) is 20.6 Å². The van der Waals surface area contributed by atoms with Gasteiger partial charge in [0.15, 0.2) is 5.82 Å². The van der Waals surface area contributed by atoms with Crippen molar-refractivity contribution >= 4 is 11.6 Å². The van der Waals surface area contributed by atoms with Gasteiger partial charge in [-0.3, -0.25) is 0 Å². The van der Waals surface area contributed by atoms with Crippen LogP contribution in [-0.2, 0) is 6.42 Å². The Hall–Kier alpha value is -1.39. The minimum atomic E-state index is 0.318. The number of rotatable bonds is 6. The first-order chi connectivity index (χ1) is 9.97. The van der Waals surface area contributed by atoms with Crippen LogP contribution in [0.25, 0.3) is 5.69 Å². The lowest BCUT2D eigenvalue weighted by Crippen LogP contribution is -2.14. The van der Waals surface area contributed by atoms with Gasteiger partial charge in [0, 0.05) is 17.4 Å². The largest absolute Gasteiger partial charge is 0.309 e. The Labute approximate surface area is 131 Å². The number of nitrogens with zero attached hydrogens (tertiary/aromatic N) is 4. The van der Waals surface area contributed by atoms with Crippen LogP contribution in [0.4, 0.5) is 0 Å². The van der Waals surface area contributed by atoms with E-state index in [1.54, 1.807) is 0 Å². The van der Waals surface area contributed by atoms with Gasteiger partial charge in [0.2, 0.25) is 0 Å². The average Bonchev–Trinajstić information content (AvgIpc) is 2.82. The van der Waals surface area contributed by atoms with E-state index < -0.39 is 0 Å². The van der Waals surface area contributed by atoms with Gasteiger partial charge in [0.1, 0.15) is 5.82 Å². The predicted octanol–water partition coefficient (Wildman–Crippen LogP) is 3.54. The Morgan fingerprint density at radius 3 is 2.67 bits per heavy atom. The third-order valence-corrected chi connectivity index (χ3v) is 3.50. The molecule has 0 saturated carbocycles. The molecule has 0 unspecified atom stereocenters. The summed E-state index contributed by atoms with van der Waals surface area (Å²) in [6.07, 6.45) is 1.97. The lowest BCUT2D eigenvalue weighted by atomic mass is 10.2. The predicted molar refractivity (Wildman–Crippen MR) is 87.3 cm³/mol. The molecule has 1 aromatic carbocycles. The number of benzene rings is 1. The molecule has 0 atom stereocenters. The van der Waals surface area contributed by atoms with Crippen LogP contribution in [0.2, 0.25) is 5.02 Å².